The molecule has 0 spiro atoms. The molecular formula is C11H14NO3S-. The molecule has 0 radical (unpaired) electrons. The molecule has 1 heterocycles. The van der Waals surface area contributed by atoms with E-state index in [1.807, 2.05) is 6.92 Å². The summed E-state index contributed by atoms with van der Waals surface area (Å²) in [6, 6.07) is 4.55. The van der Waals surface area contributed by atoms with Crippen LogP contribution in [0.1, 0.15) is 18.4 Å². The second kappa shape index (κ2) is 4.07. The molecule has 2 rings (SSSR count). The molecule has 1 aliphatic rings. The van der Waals surface area contributed by atoms with Crippen molar-refractivity contribution in [3.05, 3.63) is 23.8 Å². The molecule has 1 aromatic carbocycles. The maximum Gasteiger partial charge on any atom is 0.124 e. The second-order valence-electron chi connectivity index (χ2n) is 4.10. The van der Waals surface area contributed by atoms with Gasteiger partial charge >= 0.3 is 0 Å². The number of rotatable bonds is 2. The minimum absolute atomic E-state index is 0.139. The van der Waals surface area contributed by atoms with Gasteiger partial charge in [0.05, 0.1) is 4.90 Å². The fourth-order valence-electron chi connectivity index (χ4n) is 2.04. The van der Waals surface area contributed by atoms with Crippen LogP contribution in [0.5, 0.6) is 0 Å². The molecule has 1 fully saturated rings. The standard InChI is InChI=1S/C11H15NO3S/c1-9-4-5-10(16(13,14)15)8-11(9)12-6-2-3-7-12/h4-5,8H,2-3,6-7H2,1H3,(H,13,14,15)/p-1. The monoisotopic (exact) mass is 240 g/mol. The quantitative estimate of drug-likeness (QED) is 0.735. The predicted octanol–water partition coefficient (Wildman–Crippen LogP) is 1.50. The van der Waals surface area contributed by atoms with Crippen LogP contribution in [0.25, 0.3) is 0 Å². The van der Waals surface area contributed by atoms with Crippen LogP contribution in [0.15, 0.2) is 23.1 Å². The lowest BCUT2D eigenvalue weighted by Crippen LogP contribution is -2.19. The Kier molecular flexibility index (Phi) is 2.90. The van der Waals surface area contributed by atoms with E-state index in [4.69, 9.17) is 0 Å². The molecular weight excluding hydrogens is 226 g/mol. The predicted molar refractivity (Wildman–Crippen MR) is 60.6 cm³/mol. The van der Waals surface area contributed by atoms with Gasteiger partial charge in [-0.2, -0.15) is 0 Å². The average Bonchev–Trinajstić information content (AvgIpc) is 2.69. The van der Waals surface area contributed by atoms with Crippen LogP contribution in [0, 0.1) is 6.92 Å². The molecule has 0 N–H and O–H groups in total. The van der Waals surface area contributed by atoms with E-state index in [2.05, 4.69) is 4.90 Å². The van der Waals surface area contributed by atoms with Crippen LogP contribution in [0.3, 0.4) is 0 Å². The molecule has 1 aromatic rings. The third kappa shape index (κ3) is 2.20. The first kappa shape index (κ1) is 11.4. The first-order valence-electron chi connectivity index (χ1n) is 5.30. The van der Waals surface area contributed by atoms with Crippen molar-refractivity contribution in [2.24, 2.45) is 0 Å². The van der Waals surface area contributed by atoms with Gasteiger partial charge in [0.15, 0.2) is 0 Å². The second-order valence-corrected chi connectivity index (χ2v) is 5.48. The Bertz CT molecular complexity index is 490. The highest BCUT2D eigenvalue weighted by atomic mass is 32.2. The summed E-state index contributed by atoms with van der Waals surface area (Å²) < 4.78 is 32.8. The van der Waals surface area contributed by atoms with Gasteiger partial charge < -0.3 is 9.45 Å². The molecule has 1 saturated heterocycles. The maximum absolute atomic E-state index is 10.9. The Morgan fingerprint density at radius 2 is 1.88 bits per heavy atom. The largest absolute Gasteiger partial charge is 0.744 e. The Morgan fingerprint density at radius 1 is 1.25 bits per heavy atom. The zero-order valence-electron chi connectivity index (χ0n) is 9.14. The molecule has 1 aliphatic heterocycles. The van der Waals surface area contributed by atoms with Gasteiger partial charge in [0.2, 0.25) is 0 Å². The first-order valence-corrected chi connectivity index (χ1v) is 6.71. The van der Waals surface area contributed by atoms with E-state index < -0.39 is 10.1 Å². The summed E-state index contributed by atoms with van der Waals surface area (Å²) >= 11 is 0. The van der Waals surface area contributed by atoms with Crippen molar-refractivity contribution in [2.45, 2.75) is 24.7 Å². The summed E-state index contributed by atoms with van der Waals surface area (Å²) in [6.07, 6.45) is 2.24. The molecule has 0 aliphatic carbocycles. The van der Waals surface area contributed by atoms with E-state index >= 15 is 0 Å². The lowest BCUT2D eigenvalue weighted by molar-refractivity contribution is 0.463. The summed E-state index contributed by atoms with van der Waals surface area (Å²) in [5.41, 5.74) is 1.88. The Hall–Kier alpha value is -1.07. The molecule has 5 heteroatoms. The van der Waals surface area contributed by atoms with E-state index in [9.17, 15) is 13.0 Å². The van der Waals surface area contributed by atoms with Gasteiger partial charge in [-0.25, -0.2) is 8.42 Å². The van der Waals surface area contributed by atoms with Crippen LogP contribution >= 0.6 is 0 Å². The van der Waals surface area contributed by atoms with Gasteiger partial charge in [0.1, 0.15) is 10.1 Å². The van der Waals surface area contributed by atoms with Gasteiger partial charge in [-0.3, -0.25) is 0 Å². The van der Waals surface area contributed by atoms with Crippen molar-refractivity contribution in [3.63, 3.8) is 0 Å². The van der Waals surface area contributed by atoms with E-state index in [-0.39, 0.29) is 4.90 Å². The van der Waals surface area contributed by atoms with Crippen molar-refractivity contribution in [3.8, 4) is 0 Å². The van der Waals surface area contributed by atoms with Crippen LogP contribution in [0.4, 0.5) is 5.69 Å². The van der Waals surface area contributed by atoms with Gasteiger partial charge in [-0.1, -0.05) is 6.07 Å². The fourth-order valence-corrected chi connectivity index (χ4v) is 2.53. The number of hydrogen-bond donors (Lipinski definition) is 0. The lowest BCUT2D eigenvalue weighted by Gasteiger charge is -2.21. The molecule has 0 bridgehead atoms. The van der Waals surface area contributed by atoms with Gasteiger partial charge in [0, 0.05) is 18.8 Å². The average molecular weight is 240 g/mol. The molecule has 0 saturated carbocycles. The topological polar surface area (TPSA) is 60.4 Å². The summed E-state index contributed by atoms with van der Waals surface area (Å²) in [4.78, 5) is 1.99. The van der Waals surface area contributed by atoms with Crippen molar-refractivity contribution in [1.82, 2.24) is 0 Å². The highest BCUT2D eigenvalue weighted by Crippen LogP contribution is 2.26. The van der Waals surface area contributed by atoms with E-state index in [1.54, 1.807) is 6.07 Å². The Balaban J connectivity index is 2.44. The number of hydrogen-bond acceptors (Lipinski definition) is 4. The van der Waals surface area contributed by atoms with Crippen LogP contribution in [0.2, 0.25) is 0 Å². The van der Waals surface area contributed by atoms with Crippen molar-refractivity contribution < 1.29 is 13.0 Å². The summed E-state index contributed by atoms with van der Waals surface area (Å²) in [5.74, 6) is 0. The van der Waals surface area contributed by atoms with Gasteiger partial charge in [-0.05, 0) is 37.5 Å². The summed E-state index contributed by atoms with van der Waals surface area (Å²) in [7, 11) is -4.35. The normalized spacial score (nSPS) is 16.8. The third-order valence-corrected chi connectivity index (χ3v) is 3.75. The number of nitrogens with zero attached hydrogens (tertiary/aromatic N) is 1. The van der Waals surface area contributed by atoms with E-state index in [0.717, 1.165) is 37.2 Å². The van der Waals surface area contributed by atoms with Crippen molar-refractivity contribution in [1.29, 1.82) is 0 Å². The first-order chi connectivity index (χ1) is 7.48. The van der Waals surface area contributed by atoms with Crippen LogP contribution in [-0.4, -0.2) is 26.1 Å². The highest BCUT2D eigenvalue weighted by molar-refractivity contribution is 7.85. The van der Waals surface area contributed by atoms with Crippen molar-refractivity contribution in [2.75, 3.05) is 18.0 Å². The molecule has 0 unspecified atom stereocenters. The van der Waals surface area contributed by atoms with Crippen LogP contribution in [-0.2, 0) is 10.1 Å². The molecule has 4 nitrogen and oxygen atoms in total. The Morgan fingerprint density at radius 3 is 2.44 bits per heavy atom. The van der Waals surface area contributed by atoms with E-state index in [1.165, 1.54) is 12.1 Å². The number of benzene rings is 1. The number of aryl methyl sites for hydroxylation is 1. The molecule has 0 amide bonds. The summed E-state index contributed by atoms with van der Waals surface area (Å²) in [5, 5.41) is 0. The minimum Gasteiger partial charge on any atom is -0.744 e. The van der Waals surface area contributed by atoms with Gasteiger partial charge in [0.25, 0.3) is 0 Å². The Labute approximate surface area is 95.6 Å². The third-order valence-electron chi connectivity index (χ3n) is 2.92. The van der Waals surface area contributed by atoms with Gasteiger partial charge in [-0.15, -0.1) is 0 Å². The molecule has 88 valence electrons. The zero-order chi connectivity index (χ0) is 11.8. The van der Waals surface area contributed by atoms with Crippen LogP contribution < -0.4 is 4.90 Å². The molecule has 0 atom stereocenters. The fraction of sp³-hybridized carbons (Fsp3) is 0.455. The maximum atomic E-state index is 10.9. The smallest absolute Gasteiger partial charge is 0.124 e. The molecule has 0 aromatic heterocycles. The van der Waals surface area contributed by atoms with E-state index in [0.29, 0.717) is 0 Å². The summed E-state index contributed by atoms with van der Waals surface area (Å²) in [6.45, 7) is 3.79. The lowest BCUT2D eigenvalue weighted by atomic mass is 10.2. The molecule has 16 heavy (non-hydrogen) atoms. The minimum atomic E-state index is -4.35. The highest BCUT2D eigenvalue weighted by Gasteiger charge is 2.15. The SMILES string of the molecule is Cc1ccc(S(=O)(=O)[O-])cc1N1CCCC1. The number of anilines is 1. The van der Waals surface area contributed by atoms with Crippen molar-refractivity contribution >= 4 is 15.8 Å². The zero-order valence-corrected chi connectivity index (χ0v) is 9.96.